The molecule has 178 valence electrons. The number of methoxy groups -OCH3 is 2. The molecule has 0 bridgehead atoms. The van der Waals surface area contributed by atoms with Gasteiger partial charge < -0.3 is 9.47 Å². The van der Waals surface area contributed by atoms with E-state index in [0.29, 0.717) is 17.1 Å². The van der Waals surface area contributed by atoms with Gasteiger partial charge in [-0.15, -0.1) is 0 Å². The third kappa shape index (κ3) is 5.91. The number of hydrogen-bond acceptors (Lipinski definition) is 6. The van der Waals surface area contributed by atoms with Crippen LogP contribution in [-0.4, -0.2) is 34.5 Å². The van der Waals surface area contributed by atoms with Crippen LogP contribution in [0.15, 0.2) is 71.6 Å². The molecule has 0 unspecified atom stereocenters. The fourth-order valence-electron chi connectivity index (χ4n) is 3.12. The van der Waals surface area contributed by atoms with E-state index in [2.05, 4.69) is 15.6 Å². The van der Waals surface area contributed by atoms with Crippen LogP contribution in [0.2, 0.25) is 0 Å². The molecule has 10 heteroatoms. The highest BCUT2D eigenvalue weighted by Crippen LogP contribution is 2.27. The first-order chi connectivity index (χ1) is 16.2. The summed E-state index contributed by atoms with van der Waals surface area (Å²) in [5, 5.41) is 0. The second kappa shape index (κ2) is 10.8. The van der Waals surface area contributed by atoms with Crippen LogP contribution >= 0.6 is 0 Å². The van der Waals surface area contributed by atoms with Crippen molar-refractivity contribution in [2.45, 2.75) is 18.4 Å². The fraction of sp³-hybridized carbons (Fsp3) is 0.167. The van der Waals surface area contributed by atoms with Gasteiger partial charge >= 0.3 is 0 Å². The molecule has 2 amide bonds. The first-order valence-corrected chi connectivity index (χ1v) is 11.7. The Morgan fingerprint density at radius 2 is 1.38 bits per heavy atom. The Labute approximate surface area is 198 Å². The van der Waals surface area contributed by atoms with Gasteiger partial charge in [0, 0.05) is 17.7 Å². The van der Waals surface area contributed by atoms with Crippen molar-refractivity contribution in [3.8, 4) is 11.5 Å². The largest absolute Gasteiger partial charge is 0.493 e. The summed E-state index contributed by atoms with van der Waals surface area (Å²) in [5.74, 6) is -0.442. The molecule has 0 radical (unpaired) electrons. The molecule has 3 N–H and O–H groups in total. The van der Waals surface area contributed by atoms with Crippen molar-refractivity contribution >= 4 is 21.8 Å². The average molecular weight is 484 g/mol. The van der Waals surface area contributed by atoms with Gasteiger partial charge in [-0.3, -0.25) is 20.4 Å². The standard InChI is InChI=1S/C24H25N3O6S/c1-16-9-10-19(14-22(16)34(30,31)25-15-17-7-5-4-6-8-17)24(29)27-26-23(28)18-11-12-20(32-2)21(13-18)33-3/h4-14,25H,15H2,1-3H3,(H,26,28)(H,27,29). The molecule has 0 aliphatic carbocycles. The van der Waals surface area contributed by atoms with Crippen LogP contribution in [0.25, 0.3) is 0 Å². The SMILES string of the molecule is COc1ccc(C(=O)NNC(=O)c2ccc(C)c(S(=O)(=O)NCc3ccccc3)c2)cc1OC. The molecule has 34 heavy (non-hydrogen) atoms. The summed E-state index contributed by atoms with van der Waals surface area (Å²) < 4.78 is 38.5. The summed E-state index contributed by atoms with van der Waals surface area (Å²) in [5.41, 5.74) is 6.18. The molecular formula is C24H25N3O6S. The zero-order valence-corrected chi connectivity index (χ0v) is 19.7. The van der Waals surface area contributed by atoms with Gasteiger partial charge in [0.05, 0.1) is 19.1 Å². The molecule has 0 heterocycles. The Bertz CT molecular complexity index is 1290. The number of hydrogen-bond donors (Lipinski definition) is 3. The van der Waals surface area contributed by atoms with E-state index < -0.39 is 21.8 Å². The molecule has 9 nitrogen and oxygen atoms in total. The Kier molecular flexibility index (Phi) is 7.87. The zero-order valence-electron chi connectivity index (χ0n) is 18.9. The molecular weight excluding hydrogens is 458 g/mol. The highest BCUT2D eigenvalue weighted by atomic mass is 32.2. The smallest absolute Gasteiger partial charge is 0.269 e. The lowest BCUT2D eigenvalue weighted by Gasteiger charge is -2.13. The molecule has 0 fully saturated rings. The summed E-state index contributed by atoms with van der Waals surface area (Å²) in [4.78, 5) is 25.0. The van der Waals surface area contributed by atoms with Crippen LogP contribution < -0.4 is 25.0 Å². The lowest BCUT2D eigenvalue weighted by Crippen LogP contribution is -2.41. The second-order valence-electron chi connectivity index (χ2n) is 7.27. The predicted octanol–water partition coefficient (Wildman–Crippen LogP) is 2.57. The number of nitrogens with one attached hydrogen (secondary N) is 3. The molecule has 0 saturated carbocycles. The first kappa shape index (κ1) is 24.7. The number of amides is 2. The van der Waals surface area contributed by atoms with Gasteiger partial charge in [0.25, 0.3) is 11.8 Å². The maximum Gasteiger partial charge on any atom is 0.269 e. The average Bonchev–Trinajstić information content (AvgIpc) is 2.86. The van der Waals surface area contributed by atoms with Gasteiger partial charge in [0.15, 0.2) is 11.5 Å². The van der Waals surface area contributed by atoms with Crippen molar-refractivity contribution in [3.63, 3.8) is 0 Å². The van der Waals surface area contributed by atoms with E-state index >= 15 is 0 Å². The minimum Gasteiger partial charge on any atom is -0.493 e. The van der Waals surface area contributed by atoms with Crippen LogP contribution in [0.1, 0.15) is 31.8 Å². The monoisotopic (exact) mass is 483 g/mol. The zero-order chi connectivity index (χ0) is 24.7. The van der Waals surface area contributed by atoms with Crippen molar-refractivity contribution in [2.75, 3.05) is 14.2 Å². The Morgan fingerprint density at radius 1 is 0.794 bits per heavy atom. The molecule has 3 aromatic rings. The van der Waals surface area contributed by atoms with Crippen molar-refractivity contribution in [1.29, 1.82) is 0 Å². The Hall–Kier alpha value is -3.89. The highest BCUT2D eigenvalue weighted by molar-refractivity contribution is 7.89. The lowest BCUT2D eigenvalue weighted by atomic mass is 10.1. The van der Waals surface area contributed by atoms with Gasteiger partial charge in [-0.05, 0) is 48.4 Å². The van der Waals surface area contributed by atoms with Crippen molar-refractivity contribution in [1.82, 2.24) is 15.6 Å². The molecule has 0 aliphatic heterocycles. The number of carbonyl (C=O) groups is 2. The van der Waals surface area contributed by atoms with E-state index in [1.54, 1.807) is 25.1 Å². The number of aryl methyl sites for hydroxylation is 1. The number of hydrazine groups is 1. The van der Waals surface area contributed by atoms with Crippen LogP contribution in [-0.2, 0) is 16.6 Å². The summed E-state index contributed by atoms with van der Waals surface area (Å²) in [7, 11) is -0.956. The molecule has 0 spiro atoms. The highest BCUT2D eigenvalue weighted by Gasteiger charge is 2.19. The maximum atomic E-state index is 12.8. The van der Waals surface area contributed by atoms with Gasteiger partial charge in [-0.1, -0.05) is 36.4 Å². The Morgan fingerprint density at radius 3 is 2.00 bits per heavy atom. The number of benzene rings is 3. The van der Waals surface area contributed by atoms with Crippen LogP contribution in [0.4, 0.5) is 0 Å². The molecule has 3 rings (SSSR count). The van der Waals surface area contributed by atoms with E-state index in [0.717, 1.165) is 5.56 Å². The summed E-state index contributed by atoms with van der Waals surface area (Å²) >= 11 is 0. The third-order valence-corrected chi connectivity index (χ3v) is 6.53. The van der Waals surface area contributed by atoms with Crippen LogP contribution in [0, 0.1) is 6.92 Å². The summed E-state index contributed by atoms with van der Waals surface area (Å²) in [6.45, 7) is 1.75. The quantitative estimate of drug-likeness (QED) is 0.423. The van der Waals surface area contributed by atoms with Crippen molar-refractivity contribution in [3.05, 3.63) is 89.0 Å². The van der Waals surface area contributed by atoms with Crippen molar-refractivity contribution < 1.29 is 27.5 Å². The molecule has 0 aromatic heterocycles. The van der Waals surface area contributed by atoms with Gasteiger partial charge in [0.2, 0.25) is 10.0 Å². The predicted molar refractivity (Wildman–Crippen MR) is 126 cm³/mol. The Balaban J connectivity index is 1.70. The number of rotatable bonds is 8. The van der Waals surface area contributed by atoms with Crippen LogP contribution in [0.3, 0.4) is 0 Å². The normalized spacial score (nSPS) is 10.9. The van der Waals surface area contributed by atoms with Crippen molar-refractivity contribution in [2.24, 2.45) is 0 Å². The molecule has 0 atom stereocenters. The number of carbonyl (C=O) groups excluding carboxylic acids is 2. The molecule has 0 saturated heterocycles. The first-order valence-electron chi connectivity index (χ1n) is 10.2. The third-order valence-electron chi connectivity index (χ3n) is 4.98. The maximum absolute atomic E-state index is 12.8. The summed E-state index contributed by atoms with van der Waals surface area (Å²) in [6, 6.07) is 17.9. The topological polar surface area (TPSA) is 123 Å². The van der Waals surface area contributed by atoms with E-state index in [9.17, 15) is 18.0 Å². The van der Waals surface area contributed by atoms with E-state index in [4.69, 9.17) is 9.47 Å². The van der Waals surface area contributed by atoms with Gasteiger partial charge in [-0.25, -0.2) is 13.1 Å². The minimum atomic E-state index is -3.88. The van der Waals surface area contributed by atoms with Gasteiger partial charge in [0.1, 0.15) is 0 Å². The summed E-state index contributed by atoms with van der Waals surface area (Å²) in [6.07, 6.45) is 0. The number of sulfonamides is 1. The molecule has 3 aromatic carbocycles. The van der Waals surface area contributed by atoms with E-state index in [1.807, 2.05) is 18.2 Å². The lowest BCUT2D eigenvalue weighted by molar-refractivity contribution is 0.0846. The van der Waals surface area contributed by atoms with Crippen LogP contribution in [0.5, 0.6) is 11.5 Å². The van der Waals surface area contributed by atoms with E-state index in [1.165, 1.54) is 44.6 Å². The molecule has 0 aliphatic rings. The second-order valence-corrected chi connectivity index (χ2v) is 9.00. The van der Waals surface area contributed by atoms with E-state index in [-0.39, 0.29) is 22.6 Å². The van der Waals surface area contributed by atoms with Gasteiger partial charge in [-0.2, -0.15) is 0 Å². The number of ether oxygens (including phenoxy) is 2. The minimum absolute atomic E-state index is 0.0256. The fourth-order valence-corrected chi connectivity index (χ4v) is 4.40.